The molecule has 49 heavy (non-hydrogen) atoms. The summed E-state index contributed by atoms with van der Waals surface area (Å²) in [6.07, 6.45) is -0.471. The molecule has 14 nitrogen and oxygen atoms in total. The Morgan fingerprint density at radius 2 is 1.53 bits per heavy atom. The predicted octanol–water partition coefficient (Wildman–Crippen LogP) is 2.14. The third-order valence-electron chi connectivity index (χ3n) is 8.38. The number of amides is 4. The first-order chi connectivity index (χ1) is 23.4. The van der Waals surface area contributed by atoms with Gasteiger partial charge in [-0.3, -0.25) is 24.0 Å². The van der Waals surface area contributed by atoms with Crippen LogP contribution in [0.2, 0.25) is 0 Å². The van der Waals surface area contributed by atoms with Crippen molar-refractivity contribution in [3.05, 3.63) is 71.8 Å². The number of carboxylic acids is 1. The van der Waals surface area contributed by atoms with Crippen LogP contribution < -0.4 is 16.0 Å². The molecule has 0 bridgehead atoms. The third kappa shape index (κ3) is 11.4. The van der Waals surface area contributed by atoms with E-state index in [4.69, 9.17) is 4.74 Å². The summed E-state index contributed by atoms with van der Waals surface area (Å²) in [7, 11) is 1.06. The number of carbonyl (C=O) groups excluding carboxylic acids is 6. The summed E-state index contributed by atoms with van der Waals surface area (Å²) >= 11 is 0. The second kappa shape index (κ2) is 18.9. The number of nitrogens with zero attached hydrogens (tertiary/aromatic N) is 1. The number of aliphatic carboxylic acids is 1. The zero-order valence-corrected chi connectivity index (χ0v) is 27.9. The fraction of sp³-hybridized carbons (Fsp3) is 0.457. The lowest BCUT2D eigenvalue weighted by molar-refractivity contribution is -0.153. The Morgan fingerprint density at radius 1 is 0.898 bits per heavy atom. The molecule has 0 aliphatic carbocycles. The molecule has 1 aliphatic rings. The Labute approximate surface area is 284 Å². The number of ether oxygens (including phenoxy) is 2. The highest BCUT2D eigenvalue weighted by molar-refractivity contribution is 6.36. The summed E-state index contributed by atoms with van der Waals surface area (Å²) in [6, 6.07) is 12.9. The van der Waals surface area contributed by atoms with E-state index in [0.29, 0.717) is 18.4 Å². The van der Waals surface area contributed by atoms with Crippen molar-refractivity contribution in [3.8, 4) is 0 Å². The van der Waals surface area contributed by atoms with Crippen LogP contribution in [0, 0.1) is 5.92 Å². The number of Topliss-reactive ketones (excluding diaryl/α,β-unsaturated/α-hetero) is 1. The van der Waals surface area contributed by atoms with Gasteiger partial charge in [-0.1, -0.05) is 80.9 Å². The van der Waals surface area contributed by atoms with E-state index in [9.17, 15) is 38.7 Å². The molecule has 0 unspecified atom stereocenters. The fourth-order valence-electron chi connectivity index (χ4n) is 5.45. The van der Waals surface area contributed by atoms with Crippen LogP contribution in [-0.4, -0.2) is 89.4 Å². The SMILES string of the molecule is CC[C@H](C)[C@H](NC(=O)OCc1ccccc1)C(=O)N[C@@H](CCC(=O)O)C(=O)N1CCC[C@H]1C(=O)N[C@@H](Cc1ccccc1)C(=O)C(=O)OC. The molecule has 1 heterocycles. The van der Waals surface area contributed by atoms with Gasteiger partial charge in [-0.15, -0.1) is 0 Å². The zero-order valence-electron chi connectivity index (χ0n) is 27.9. The number of hydrogen-bond donors (Lipinski definition) is 4. The van der Waals surface area contributed by atoms with E-state index in [1.165, 1.54) is 4.90 Å². The molecule has 0 aromatic heterocycles. The van der Waals surface area contributed by atoms with E-state index < -0.39 is 78.0 Å². The largest absolute Gasteiger partial charge is 0.481 e. The van der Waals surface area contributed by atoms with Crippen molar-refractivity contribution >= 4 is 41.5 Å². The lowest BCUT2D eigenvalue weighted by Gasteiger charge is -2.31. The second-order valence-electron chi connectivity index (χ2n) is 11.9. The molecule has 14 heteroatoms. The number of benzene rings is 2. The predicted molar refractivity (Wildman–Crippen MR) is 176 cm³/mol. The first kappa shape index (κ1) is 38.2. The first-order valence-electron chi connectivity index (χ1n) is 16.2. The third-order valence-corrected chi connectivity index (χ3v) is 8.38. The number of nitrogens with one attached hydrogen (secondary N) is 3. The summed E-state index contributed by atoms with van der Waals surface area (Å²) in [6.45, 7) is 3.65. The Balaban J connectivity index is 1.76. The van der Waals surface area contributed by atoms with Gasteiger partial charge >= 0.3 is 18.0 Å². The topological polar surface area (TPSA) is 198 Å². The van der Waals surface area contributed by atoms with Crippen molar-refractivity contribution in [2.45, 2.75) is 83.1 Å². The van der Waals surface area contributed by atoms with E-state index in [-0.39, 0.29) is 32.4 Å². The van der Waals surface area contributed by atoms with Crippen molar-refractivity contribution in [1.29, 1.82) is 0 Å². The van der Waals surface area contributed by atoms with Gasteiger partial charge in [0.1, 0.15) is 30.8 Å². The summed E-state index contributed by atoms with van der Waals surface area (Å²) in [5.41, 5.74) is 1.42. The van der Waals surface area contributed by atoms with Crippen molar-refractivity contribution in [2.24, 2.45) is 5.92 Å². The number of esters is 1. The van der Waals surface area contributed by atoms with Crippen LogP contribution >= 0.6 is 0 Å². The van der Waals surface area contributed by atoms with Crippen LogP contribution in [0.15, 0.2) is 60.7 Å². The standard InChI is InChI=1S/C35H44N4O10/c1-4-22(2)29(38-35(47)49-21-24-14-9-6-10-15-24)32(44)36-25(17-18-28(40)41)33(45)39-19-11-16-27(39)31(43)37-26(30(42)34(46)48-3)20-23-12-7-5-8-13-23/h5-10,12-15,22,25-27,29H,4,11,16-21H2,1-3H3,(H,36,44)(H,37,43)(H,38,47)(H,40,41)/t22-,25-,26-,27-,29-/m0/s1. The number of rotatable bonds is 17. The van der Waals surface area contributed by atoms with Crippen LogP contribution in [0.3, 0.4) is 0 Å². The van der Waals surface area contributed by atoms with Crippen LogP contribution in [0.4, 0.5) is 4.79 Å². The Morgan fingerprint density at radius 3 is 2.12 bits per heavy atom. The molecular formula is C35H44N4O10. The second-order valence-corrected chi connectivity index (χ2v) is 11.9. The van der Waals surface area contributed by atoms with Crippen molar-refractivity contribution in [2.75, 3.05) is 13.7 Å². The Bertz CT molecular complexity index is 1470. The van der Waals surface area contributed by atoms with Gasteiger partial charge in [-0.2, -0.15) is 0 Å². The number of hydrogen-bond acceptors (Lipinski definition) is 9. The molecule has 1 fully saturated rings. The minimum absolute atomic E-state index is 0.00371. The first-order valence-corrected chi connectivity index (χ1v) is 16.2. The smallest absolute Gasteiger partial charge is 0.408 e. The zero-order chi connectivity index (χ0) is 35.9. The van der Waals surface area contributed by atoms with Gasteiger partial charge in [0.15, 0.2) is 0 Å². The highest BCUT2D eigenvalue weighted by Gasteiger charge is 2.40. The lowest BCUT2D eigenvalue weighted by Crippen LogP contribution is -2.58. The lowest BCUT2D eigenvalue weighted by atomic mass is 9.97. The highest BCUT2D eigenvalue weighted by Crippen LogP contribution is 2.21. The number of carbonyl (C=O) groups is 7. The molecule has 5 atom stereocenters. The maximum absolute atomic E-state index is 13.9. The summed E-state index contributed by atoms with van der Waals surface area (Å²) in [4.78, 5) is 91.4. The number of methoxy groups -OCH3 is 1. The Hall–Kier alpha value is -5.27. The van der Waals surface area contributed by atoms with Crippen LogP contribution in [0.5, 0.6) is 0 Å². The maximum atomic E-state index is 13.9. The van der Waals surface area contributed by atoms with Gasteiger partial charge in [0.25, 0.3) is 5.78 Å². The maximum Gasteiger partial charge on any atom is 0.408 e. The van der Waals surface area contributed by atoms with Gasteiger partial charge in [0.2, 0.25) is 17.7 Å². The van der Waals surface area contributed by atoms with Crippen molar-refractivity contribution in [1.82, 2.24) is 20.9 Å². The summed E-state index contributed by atoms with van der Waals surface area (Å²) < 4.78 is 9.87. The molecule has 1 aliphatic heterocycles. The van der Waals surface area contributed by atoms with E-state index in [2.05, 4.69) is 20.7 Å². The minimum Gasteiger partial charge on any atom is -0.481 e. The molecule has 264 valence electrons. The normalized spacial score (nSPS) is 16.3. The minimum atomic E-state index is -1.34. The summed E-state index contributed by atoms with van der Waals surface area (Å²) in [5, 5.41) is 17.1. The van der Waals surface area contributed by atoms with Gasteiger partial charge in [-0.05, 0) is 36.3 Å². The number of likely N-dealkylation sites (tertiary alicyclic amines) is 1. The highest BCUT2D eigenvalue weighted by atomic mass is 16.5. The average molecular weight is 681 g/mol. The molecule has 4 amide bonds. The van der Waals surface area contributed by atoms with Crippen LogP contribution in [0.1, 0.15) is 57.1 Å². The molecule has 2 aromatic rings. The summed E-state index contributed by atoms with van der Waals surface area (Å²) in [5.74, 6) is -5.79. The Kier molecular flexibility index (Phi) is 14.7. The van der Waals surface area contributed by atoms with E-state index in [1.807, 2.05) is 13.0 Å². The molecule has 0 radical (unpaired) electrons. The van der Waals surface area contributed by atoms with E-state index in [1.54, 1.807) is 61.5 Å². The molecule has 3 rings (SSSR count). The number of ketones is 1. The molecular weight excluding hydrogens is 636 g/mol. The molecule has 0 saturated carbocycles. The number of carboxylic acid groups (broad SMARTS) is 1. The van der Waals surface area contributed by atoms with Gasteiger partial charge in [0, 0.05) is 19.4 Å². The quantitative estimate of drug-likeness (QED) is 0.142. The van der Waals surface area contributed by atoms with E-state index in [0.717, 1.165) is 12.7 Å². The monoisotopic (exact) mass is 680 g/mol. The van der Waals surface area contributed by atoms with Crippen molar-refractivity contribution < 1.29 is 48.1 Å². The molecule has 1 saturated heterocycles. The molecule has 2 aromatic carbocycles. The van der Waals surface area contributed by atoms with Gasteiger partial charge in [0.05, 0.1) is 7.11 Å². The van der Waals surface area contributed by atoms with Crippen molar-refractivity contribution in [3.63, 3.8) is 0 Å². The van der Waals surface area contributed by atoms with Crippen LogP contribution in [0.25, 0.3) is 0 Å². The molecule has 4 N–H and O–H groups in total. The van der Waals surface area contributed by atoms with Gasteiger partial charge < -0.3 is 35.4 Å². The van der Waals surface area contributed by atoms with Gasteiger partial charge in [-0.25, -0.2) is 9.59 Å². The number of alkyl carbamates (subject to hydrolysis) is 1. The van der Waals surface area contributed by atoms with E-state index >= 15 is 0 Å². The fourth-order valence-corrected chi connectivity index (χ4v) is 5.45. The van der Waals surface area contributed by atoms with Crippen LogP contribution in [-0.2, 0) is 51.3 Å². The average Bonchev–Trinajstić information content (AvgIpc) is 3.61. The molecule has 0 spiro atoms.